The van der Waals surface area contributed by atoms with Gasteiger partial charge in [-0.3, -0.25) is 9.78 Å². The lowest BCUT2D eigenvalue weighted by molar-refractivity contribution is -0.125. The van der Waals surface area contributed by atoms with Crippen LogP contribution in [0.25, 0.3) is 0 Å². The third-order valence-electron chi connectivity index (χ3n) is 3.95. The minimum atomic E-state index is -0.757. The van der Waals surface area contributed by atoms with Gasteiger partial charge in [0.2, 0.25) is 5.91 Å². The minimum absolute atomic E-state index is 0.350. The molecule has 1 saturated heterocycles. The molecule has 0 saturated carbocycles. The van der Waals surface area contributed by atoms with Crippen LogP contribution in [0.1, 0.15) is 39.2 Å². The van der Waals surface area contributed by atoms with Crippen LogP contribution >= 0.6 is 0 Å². The number of hydrogen-bond donors (Lipinski definition) is 1. The first kappa shape index (κ1) is 16.3. The smallest absolute Gasteiger partial charge is 0.410 e. The highest BCUT2D eigenvalue weighted by Gasteiger charge is 2.43. The Labute approximate surface area is 130 Å². The van der Waals surface area contributed by atoms with Crippen molar-refractivity contribution in [2.75, 3.05) is 13.1 Å². The maximum atomic E-state index is 12.1. The summed E-state index contributed by atoms with van der Waals surface area (Å²) in [5, 5.41) is 0. The lowest BCUT2D eigenvalue weighted by Gasteiger charge is -2.40. The van der Waals surface area contributed by atoms with Gasteiger partial charge in [0.25, 0.3) is 0 Å². The van der Waals surface area contributed by atoms with Gasteiger partial charge in [0.15, 0.2) is 0 Å². The molecule has 2 heterocycles. The monoisotopic (exact) mass is 305 g/mol. The number of nitrogens with zero attached hydrogens (tertiary/aromatic N) is 2. The fraction of sp³-hybridized carbons (Fsp3) is 0.562. The Balaban J connectivity index is 2.11. The first-order valence-electron chi connectivity index (χ1n) is 7.43. The number of nitrogens with two attached hydrogens (primary N) is 1. The van der Waals surface area contributed by atoms with E-state index in [0.717, 1.165) is 5.56 Å². The number of pyridine rings is 1. The van der Waals surface area contributed by atoms with Gasteiger partial charge in [-0.1, -0.05) is 6.07 Å². The summed E-state index contributed by atoms with van der Waals surface area (Å²) in [4.78, 5) is 29.9. The van der Waals surface area contributed by atoms with Gasteiger partial charge in [-0.2, -0.15) is 0 Å². The summed E-state index contributed by atoms with van der Waals surface area (Å²) in [6.45, 7) is 6.37. The Morgan fingerprint density at radius 2 is 1.95 bits per heavy atom. The van der Waals surface area contributed by atoms with Gasteiger partial charge < -0.3 is 15.4 Å². The van der Waals surface area contributed by atoms with Crippen LogP contribution in [0.5, 0.6) is 0 Å². The molecule has 0 radical (unpaired) electrons. The number of carbonyl (C=O) groups excluding carboxylic acids is 2. The molecule has 2 amide bonds. The number of hydrogen-bond acceptors (Lipinski definition) is 4. The molecular weight excluding hydrogens is 282 g/mol. The molecular formula is C16H23N3O3. The molecule has 1 aliphatic rings. The van der Waals surface area contributed by atoms with Gasteiger partial charge in [-0.05, 0) is 45.2 Å². The topological polar surface area (TPSA) is 85.5 Å². The lowest BCUT2D eigenvalue weighted by Crippen LogP contribution is -2.52. The Morgan fingerprint density at radius 3 is 2.41 bits per heavy atom. The van der Waals surface area contributed by atoms with E-state index in [1.807, 2.05) is 26.8 Å². The van der Waals surface area contributed by atoms with Gasteiger partial charge in [0, 0.05) is 25.5 Å². The van der Waals surface area contributed by atoms with Crippen LogP contribution in [-0.2, 0) is 14.9 Å². The van der Waals surface area contributed by atoms with E-state index in [9.17, 15) is 9.59 Å². The highest BCUT2D eigenvalue weighted by atomic mass is 16.6. The second kappa shape index (κ2) is 5.94. The van der Waals surface area contributed by atoms with E-state index in [0.29, 0.717) is 25.9 Å². The molecule has 120 valence electrons. The molecule has 1 aliphatic heterocycles. The zero-order chi connectivity index (χ0) is 16.4. The zero-order valence-corrected chi connectivity index (χ0v) is 13.3. The van der Waals surface area contributed by atoms with Crippen LogP contribution in [0.4, 0.5) is 4.79 Å². The molecule has 0 atom stereocenters. The van der Waals surface area contributed by atoms with E-state index in [4.69, 9.17) is 10.5 Å². The summed E-state index contributed by atoms with van der Waals surface area (Å²) in [5.74, 6) is -0.371. The van der Waals surface area contributed by atoms with Crippen LogP contribution < -0.4 is 5.73 Å². The molecule has 1 aromatic heterocycles. The van der Waals surface area contributed by atoms with Gasteiger partial charge in [0.1, 0.15) is 5.60 Å². The molecule has 2 rings (SSSR count). The largest absolute Gasteiger partial charge is 0.444 e. The number of likely N-dealkylation sites (tertiary alicyclic amines) is 1. The van der Waals surface area contributed by atoms with Crippen LogP contribution in [-0.4, -0.2) is 40.6 Å². The molecule has 6 nitrogen and oxygen atoms in total. The van der Waals surface area contributed by atoms with Crippen molar-refractivity contribution in [3.8, 4) is 0 Å². The number of ether oxygens (including phenoxy) is 1. The SMILES string of the molecule is CC(C)(C)OC(=O)N1CCC(C(N)=O)(c2cccnc2)CC1. The Bertz CT molecular complexity index is 544. The Kier molecular flexibility index (Phi) is 4.39. The van der Waals surface area contributed by atoms with Crippen molar-refractivity contribution in [3.05, 3.63) is 30.1 Å². The highest BCUT2D eigenvalue weighted by Crippen LogP contribution is 2.35. The van der Waals surface area contributed by atoms with E-state index >= 15 is 0 Å². The number of rotatable bonds is 2. The van der Waals surface area contributed by atoms with E-state index in [2.05, 4.69) is 4.98 Å². The molecule has 0 unspecified atom stereocenters. The van der Waals surface area contributed by atoms with E-state index in [1.54, 1.807) is 23.4 Å². The van der Waals surface area contributed by atoms with Crippen molar-refractivity contribution >= 4 is 12.0 Å². The van der Waals surface area contributed by atoms with E-state index in [-0.39, 0.29) is 12.0 Å². The van der Waals surface area contributed by atoms with Crippen LogP contribution in [0.2, 0.25) is 0 Å². The van der Waals surface area contributed by atoms with Crippen molar-refractivity contribution in [2.24, 2.45) is 5.73 Å². The highest BCUT2D eigenvalue weighted by molar-refractivity contribution is 5.87. The summed E-state index contributed by atoms with van der Waals surface area (Å²) in [7, 11) is 0. The number of amides is 2. The van der Waals surface area contributed by atoms with Crippen molar-refractivity contribution in [3.63, 3.8) is 0 Å². The maximum absolute atomic E-state index is 12.1. The fourth-order valence-corrected chi connectivity index (χ4v) is 2.72. The summed E-state index contributed by atoms with van der Waals surface area (Å²) in [6, 6.07) is 3.65. The Morgan fingerprint density at radius 1 is 1.32 bits per heavy atom. The number of carbonyl (C=O) groups is 2. The van der Waals surface area contributed by atoms with Gasteiger partial charge in [-0.15, -0.1) is 0 Å². The summed E-state index contributed by atoms with van der Waals surface area (Å²) < 4.78 is 5.37. The second-order valence-corrected chi connectivity index (χ2v) is 6.66. The normalized spacial score (nSPS) is 17.9. The van der Waals surface area contributed by atoms with E-state index in [1.165, 1.54) is 0 Å². The minimum Gasteiger partial charge on any atom is -0.444 e. The third-order valence-corrected chi connectivity index (χ3v) is 3.95. The van der Waals surface area contributed by atoms with Crippen LogP contribution in [0.15, 0.2) is 24.5 Å². The number of primary amides is 1. The number of aromatic nitrogens is 1. The molecule has 0 bridgehead atoms. The standard InChI is InChI=1S/C16H23N3O3/c1-15(2,3)22-14(21)19-9-6-16(7-10-19,13(17)20)12-5-4-8-18-11-12/h4-5,8,11H,6-7,9-10H2,1-3H3,(H2,17,20). The van der Waals surface area contributed by atoms with Gasteiger partial charge in [0.05, 0.1) is 5.41 Å². The molecule has 22 heavy (non-hydrogen) atoms. The average molecular weight is 305 g/mol. The third kappa shape index (κ3) is 3.37. The molecule has 6 heteroatoms. The average Bonchev–Trinajstić information content (AvgIpc) is 2.46. The predicted molar refractivity (Wildman–Crippen MR) is 82.2 cm³/mol. The van der Waals surface area contributed by atoms with Crippen LogP contribution in [0, 0.1) is 0 Å². The molecule has 0 aliphatic carbocycles. The first-order chi connectivity index (χ1) is 10.2. The number of piperidine rings is 1. The quantitative estimate of drug-likeness (QED) is 0.903. The van der Waals surface area contributed by atoms with Gasteiger partial charge >= 0.3 is 6.09 Å². The Hall–Kier alpha value is -2.11. The molecule has 0 spiro atoms. The fourth-order valence-electron chi connectivity index (χ4n) is 2.72. The zero-order valence-electron chi connectivity index (χ0n) is 13.3. The molecule has 2 N–H and O–H groups in total. The predicted octanol–water partition coefficient (Wildman–Crippen LogP) is 1.84. The summed E-state index contributed by atoms with van der Waals surface area (Å²) >= 11 is 0. The van der Waals surface area contributed by atoms with Crippen molar-refractivity contribution < 1.29 is 14.3 Å². The van der Waals surface area contributed by atoms with Crippen LogP contribution in [0.3, 0.4) is 0 Å². The lowest BCUT2D eigenvalue weighted by atomic mass is 9.73. The van der Waals surface area contributed by atoms with Crippen molar-refractivity contribution in [1.82, 2.24) is 9.88 Å². The molecule has 1 fully saturated rings. The molecule has 0 aromatic carbocycles. The molecule has 1 aromatic rings. The van der Waals surface area contributed by atoms with Crippen molar-refractivity contribution in [1.29, 1.82) is 0 Å². The summed E-state index contributed by atoms with van der Waals surface area (Å²) in [5.41, 5.74) is 5.18. The van der Waals surface area contributed by atoms with Crippen molar-refractivity contribution in [2.45, 2.75) is 44.6 Å². The summed E-state index contributed by atoms with van der Waals surface area (Å²) in [6.07, 6.45) is 3.94. The van der Waals surface area contributed by atoms with Gasteiger partial charge in [-0.25, -0.2) is 4.79 Å². The van der Waals surface area contributed by atoms with E-state index < -0.39 is 11.0 Å². The second-order valence-electron chi connectivity index (χ2n) is 6.66. The maximum Gasteiger partial charge on any atom is 0.410 e. The first-order valence-corrected chi connectivity index (χ1v) is 7.43.